The van der Waals surface area contributed by atoms with E-state index in [9.17, 15) is 4.79 Å². The Balaban J connectivity index is 2.34. The van der Waals surface area contributed by atoms with E-state index in [4.69, 9.17) is 12.2 Å². The highest BCUT2D eigenvalue weighted by atomic mass is 32.1. The molecule has 116 valence electrons. The third-order valence-corrected chi connectivity index (χ3v) is 4.17. The maximum Gasteiger partial charge on any atom is 0.274 e. The van der Waals surface area contributed by atoms with Crippen LogP contribution in [0, 0.1) is 13.8 Å². The number of rotatable bonds is 5. The largest absolute Gasteiger partial charge is 0.342 e. The van der Waals surface area contributed by atoms with Crippen molar-refractivity contribution in [2.75, 3.05) is 5.32 Å². The Labute approximate surface area is 137 Å². The molecule has 0 saturated heterocycles. The van der Waals surface area contributed by atoms with Crippen LogP contribution in [0.5, 0.6) is 0 Å². The fourth-order valence-electron chi connectivity index (χ4n) is 2.35. The number of nitrogens with one attached hydrogen (secondary N) is 1. The van der Waals surface area contributed by atoms with Gasteiger partial charge in [-0.25, -0.2) is 0 Å². The number of pyridine rings is 1. The molecule has 0 bridgehead atoms. The summed E-state index contributed by atoms with van der Waals surface area (Å²) in [6, 6.07) is 11.6. The lowest BCUT2D eigenvalue weighted by Gasteiger charge is -2.16. The molecule has 1 aromatic carbocycles. The van der Waals surface area contributed by atoms with Crippen LogP contribution in [0.3, 0.4) is 0 Å². The van der Waals surface area contributed by atoms with Gasteiger partial charge in [-0.1, -0.05) is 55.9 Å². The standard InChI is InChI=1S/C18H22N2OS/c1-4-5-11-20-14(3)13(2)12-16(18(20)21)19-17(22)15-9-7-6-8-10-15/h6-10,12H,4-5,11H2,1-3H3,(H,19,22). The Morgan fingerprint density at radius 3 is 2.55 bits per heavy atom. The number of anilines is 1. The van der Waals surface area contributed by atoms with Crippen molar-refractivity contribution in [1.29, 1.82) is 0 Å². The third kappa shape index (κ3) is 3.63. The van der Waals surface area contributed by atoms with E-state index in [1.807, 2.05) is 54.8 Å². The molecule has 2 rings (SSSR count). The molecule has 1 N–H and O–H groups in total. The molecule has 0 saturated carbocycles. The molecule has 0 spiro atoms. The summed E-state index contributed by atoms with van der Waals surface area (Å²) < 4.78 is 1.84. The number of unbranched alkanes of at least 4 members (excludes halogenated alkanes) is 1. The minimum atomic E-state index is -0.00479. The first-order valence-electron chi connectivity index (χ1n) is 7.62. The maximum absolute atomic E-state index is 12.7. The van der Waals surface area contributed by atoms with Crippen molar-refractivity contribution in [3.63, 3.8) is 0 Å². The summed E-state index contributed by atoms with van der Waals surface area (Å²) in [6.45, 7) is 6.88. The predicted octanol–water partition coefficient (Wildman–Crippen LogP) is 4.05. The Kier molecular flexibility index (Phi) is 5.50. The zero-order chi connectivity index (χ0) is 16.1. The van der Waals surface area contributed by atoms with E-state index >= 15 is 0 Å². The molecule has 22 heavy (non-hydrogen) atoms. The summed E-state index contributed by atoms with van der Waals surface area (Å²) in [5.74, 6) is 0. The van der Waals surface area contributed by atoms with Crippen molar-refractivity contribution in [3.05, 3.63) is 63.6 Å². The van der Waals surface area contributed by atoms with Crippen LogP contribution >= 0.6 is 12.2 Å². The minimum absolute atomic E-state index is 0.00479. The number of nitrogens with zero attached hydrogens (tertiary/aromatic N) is 1. The highest BCUT2D eigenvalue weighted by Gasteiger charge is 2.11. The molecule has 0 atom stereocenters. The van der Waals surface area contributed by atoms with Gasteiger partial charge in [-0.15, -0.1) is 0 Å². The third-order valence-electron chi connectivity index (χ3n) is 3.83. The molecule has 0 amide bonds. The van der Waals surface area contributed by atoms with E-state index in [2.05, 4.69) is 12.2 Å². The van der Waals surface area contributed by atoms with E-state index in [0.717, 1.165) is 36.2 Å². The van der Waals surface area contributed by atoms with Gasteiger partial charge < -0.3 is 9.88 Å². The van der Waals surface area contributed by atoms with Gasteiger partial charge in [0, 0.05) is 17.8 Å². The van der Waals surface area contributed by atoms with E-state index in [1.54, 1.807) is 0 Å². The predicted molar refractivity (Wildman–Crippen MR) is 96.8 cm³/mol. The van der Waals surface area contributed by atoms with Gasteiger partial charge in [-0.2, -0.15) is 0 Å². The lowest BCUT2D eigenvalue weighted by Crippen LogP contribution is -2.28. The lowest BCUT2D eigenvalue weighted by molar-refractivity contribution is 0.597. The molecular weight excluding hydrogens is 292 g/mol. The average Bonchev–Trinajstić information content (AvgIpc) is 2.53. The van der Waals surface area contributed by atoms with Gasteiger partial charge >= 0.3 is 0 Å². The van der Waals surface area contributed by atoms with Gasteiger partial charge in [-0.3, -0.25) is 4.79 Å². The summed E-state index contributed by atoms with van der Waals surface area (Å²) in [7, 11) is 0. The second-order valence-electron chi connectivity index (χ2n) is 5.46. The zero-order valence-corrected chi connectivity index (χ0v) is 14.2. The maximum atomic E-state index is 12.7. The molecule has 4 heteroatoms. The van der Waals surface area contributed by atoms with Crippen LogP contribution in [0.1, 0.15) is 36.6 Å². The SMILES string of the molecule is CCCCn1c(C)c(C)cc(NC(=S)c2ccccc2)c1=O. The Morgan fingerprint density at radius 1 is 1.23 bits per heavy atom. The molecule has 0 fully saturated rings. The van der Waals surface area contributed by atoms with Gasteiger partial charge in [-0.05, 0) is 31.9 Å². The molecule has 0 aliphatic heterocycles. The quantitative estimate of drug-likeness (QED) is 0.845. The van der Waals surface area contributed by atoms with Crippen molar-refractivity contribution in [3.8, 4) is 0 Å². The number of thiocarbonyl (C=S) groups is 1. The first-order valence-corrected chi connectivity index (χ1v) is 8.03. The Bertz CT molecular complexity index is 720. The fourth-order valence-corrected chi connectivity index (χ4v) is 2.60. The number of aryl methyl sites for hydroxylation is 1. The van der Waals surface area contributed by atoms with Crippen LogP contribution in [-0.2, 0) is 6.54 Å². The molecule has 1 heterocycles. The summed E-state index contributed by atoms with van der Waals surface area (Å²) in [5.41, 5.74) is 3.57. The minimum Gasteiger partial charge on any atom is -0.342 e. The van der Waals surface area contributed by atoms with Gasteiger partial charge in [0.2, 0.25) is 0 Å². The van der Waals surface area contributed by atoms with Gasteiger partial charge in [0.05, 0.1) is 0 Å². The number of aromatic nitrogens is 1. The summed E-state index contributed by atoms with van der Waals surface area (Å²) in [6.07, 6.45) is 2.05. The van der Waals surface area contributed by atoms with Crippen molar-refractivity contribution in [2.24, 2.45) is 0 Å². The Morgan fingerprint density at radius 2 is 1.91 bits per heavy atom. The molecular formula is C18H22N2OS. The summed E-state index contributed by atoms with van der Waals surface area (Å²) in [5, 5.41) is 3.11. The second-order valence-corrected chi connectivity index (χ2v) is 5.87. The van der Waals surface area contributed by atoms with Crippen molar-refractivity contribution < 1.29 is 0 Å². The second kappa shape index (κ2) is 7.36. The topological polar surface area (TPSA) is 34.0 Å². The van der Waals surface area contributed by atoms with Crippen LogP contribution in [0.25, 0.3) is 0 Å². The average molecular weight is 314 g/mol. The lowest BCUT2D eigenvalue weighted by atomic mass is 10.1. The molecule has 0 aliphatic rings. The number of hydrogen-bond acceptors (Lipinski definition) is 2. The highest BCUT2D eigenvalue weighted by molar-refractivity contribution is 7.81. The van der Waals surface area contributed by atoms with E-state index in [0.29, 0.717) is 10.7 Å². The molecule has 0 radical (unpaired) electrons. The number of benzene rings is 1. The van der Waals surface area contributed by atoms with Crippen LogP contribution < -0.4 is 10.9 Å². The summed E-state index contributed by atoms with van der Waals surface area (Å²) >= 11 is 5.41. The van der Waals surface area contributed by atoms with Crippen molar-refractivity contribution >= 4 is 22.9 Å². The fraction of sp³-hybridized carbons (Fsp3) is 0.333. The van der Waals surface area contributed by atoms with Crippen molar-refractivity contribution in [2.45, 2.75) is 40.2 Å². The first kappa shape index (κ1) is 16.4. The Hall–Kier alpha value is -1.94. The molecule has 1 aromatic heterocycles. The van der Waals surface area contributed by atoms with Crippen molar-refractivity contribution in [1.82, 2.24) is 4.57 Å². The molecule has 0 aliphatic carbocycles. The smallest absolute Gasteiger partial charge is 0.274 e. The normalized spacial score (nSPS) is 10.5. The van der Waals surface area contributed by atoms with Gasteiger partial charge in [0.25, 0.3) is 5.56 Å². The van der Waals surface area contributed by atoms with E-state index < -0.39 is 0 Å². The molecule has 0 unspecified atom stereocenters. The van der Waals surface area contributed by atoms with E-state index in [-0.39, 0.29) is 5.56 Å². The molecule has 2 aromatic rings. The van der Waals surface area contributed by atoms with Crippen LogP contribution in [-0.4, -0.2) is 9.56 Å². The number of hydrogen-bond donors (Lipinski definition) is 1. The monoisotopic (exact) mass is 314 g/mol. The van der Waals surface area contributed by atoms with Crippen LogP contribution in [0.4, 0.5) is 5.69 Å². The summed E-state index contributed by atoms with van der Waals surface area (Å²) in [4.78, 5) is 13.2. The van der Waals surface area contributed by atoms with Crippen LogP contribution in [0.2, 0.25) is 0 Å². The first-order chi connectivity index (χ1) is 10.5. The molecule has 3 nitrogen and oxygen atoms in total. The van der Waals surface area contributed by atoms with Gasteiger partial charge in [0.1, 0.15) is 10.7 Å². The van der Waals surface area contributed by atoms with Gasteiger partial charge in [0.15, 0.2) is 0 Å². The van der Waals surface area contributed by atoms with Crippen LogP contribution in [0.15, 0.2) is 41.2 Å². The van der Waals surface area contributed by atoms with E-state index in [1.165, 1.54) is 0 Å². The highest BCUT2D eigenvalue weighted by Crippen LogP contribution is 2.13. The zero-order valence-electron chi connectivity index (χ0n) is 13.3.